The Morgan fingerprint density at radius 2 is 2.17 bits per heavy atom. The Morgan fingerprint density at radius 1 is 1.42 bits per heavy atom. The lowest BCUT2D eigenvalue weighted by molar-refractivity contribution is -0.143. The van der Waals surface area contributed by atoms with E-state index in [9.17, 15) is 22.4 Å². The zero-order valence-corrected chi connectivity index (χ0v) is 13.4. The molecule has 0 aliphatic carbocycles. The summed E-state index contributed by atoms with van der Waals surface area (Å²) in [5.41, 5.74) is 0.641. The van der Waals surface area contributed by atoms with Gasteiger partial charge in [0.05, 0.1) is 12.6 Å². The fourth-order valence-electron chi connectivity index (χ4n) is 2.82. The second-order valence-corrected chi connectivity index (χ2v) is 6.14. The topological polar surface area (TPSA) is 44.4 Å². The van der Waals surface area contributed by atoms with Gasteiger partial charge in [0.2, 0.25) is 0 Å². The van der Waals surface area contributed by atoms with Crippen LogP contribution in [0.15, 0.2) is 24.3 Å². The molecule has 2 rings (SSSR count). The third kappa shape index (κ3) is 5.99. The molecule has 2 amide bonds. The first-order valence-corrected chi connectivity index (χ1v) is 7.82. The quantitative estimate of drug-likeness (QED) is 0.804. The number of carbonyl (C=O) groups excluding carboxylic acids is 1. The number of hydrogen-bond donors (Lipinski definition) is 2. The zero-order chi connectivity index (χ0) is 17.7. The number of alkyl halides is 3. The van der Waals surface area contributed by atoms with Crippen LogP contribution in [0.5, 0.6) is 0 Å². The van der Waals surface area contributed by atoms with Crippen LogP contribution in [0.3, 0.4) is 0 Å². The smallest absolute Gasteiger partial charge is 0.338 e. The first kappa shape index (κ1) is 18.5. The monoisotopic (exact) mass is 347 g/mol. The van der Waals surface area contributed by atoms with Gasteiger partial charge in [0.15, 0.2) is 0 Å². The molecule has 24 heavy (non-hydrogen) atoms. The van der Waals surface area contributed by atoms with Gasteiger partial charge in [0.1, 0.15) is 5.82 Å². The standard InChI is InChI=1S/C16H21F4N3O/c1-11(13-3-2-4-14(17)7-13)22-15(24)21-8-12-5-6-23(9-12)10-16(18,19)20/h2-4,7,11-12H,5-6,8-10H2,1H3,(H2,21,22,24)/t11-,12-/m1/s1. The molecule has 0 spiro atoms. The highest BCUT2D eigenvalue weighted by atomic mass is 19.4. The van der Waals surface area contributed by atoms with Crippen molar-refractivity contribution < 1.29 is 22.4 Å². The number of benzene rings is 1. The number of nitrogens with one attached hydrogen (secondary N) is 2. The SMILES string of the molecule is C[C@@H](NC(=O)NC[C@H]1CCN(CC(F)(F)F)C1)c1cccc(F)c1. The summed E-state index contributed by atoms with van der Waals surface area (Å²) in [5, 5.41) is 5.36. The molecule has 0 radical (unpaired) electrons. The van der Waals surface area contributed by atoms with Gasteiger partial charge in [0.25, 0.3) is 0 Å². The van der Waals surface area contributed by atoms with Crippen molar-refractivity contribution in [2.24, 2.45) is 5.92 Å². The van der Waals surface area contributed by atoms with Crippen molar-refractivity contribution in [3.8, 4) is 0 Å². The average molecular weight is 347 g/mol. The summed E-state index contributed by atoms with van der Waals surface area (Å²) in [6.45, 7) is 1.84. The molecule has 1 aliphatic heterocycles. The molecule has 1 aromatic rings. The van der Waals surface area contributed by atoms with Crippen LogP contribution >= 0.6 is 0 Å². The highest BCUT2D eigenvalue weighted by Crippen LogP contribution is 2.22. The van der Waals surface area contributed by atoms with Gasteiger partial charge in [-0.2, -0.15) is 13.2 Å². The second kappa shape index (κ2) is 7.83. The van der Waals surface area contributed by atoms with Gasteiger partial charge in [-0.3, -0.25) is 4.90 Å². The van der Waals surface area contributed by atoms with Crippen LogP contribution in [0.2, 0.25) is 0 Å². The lowest BCUT2D eigenvalue weighted by atomic mass is 10.1. The van der Waals surface area contributed by atoms with Gasteiger partial charge in [0, 0.05) is 13.1 Å². The minimum atomic E-state index is -4.19. The molecule has 1 fully saturated rings. The van der Waals surface area contributed by atoms with Crippen molar-refractivity contribution in [1.82, 2.24) is 15.5 Å². The van der Waals surface area contributed by atoms with Crippen molar-refractivity contribution in [2.75, 3.05) is 26.2 Å². The molecular formula is C16H21F4N3O. The Labute approximate surface area is 138 Å². The summed E-state index contributed by atoms with van der Waals surface area (Å²) >= 11 is 0. The molecule has 2 atom stereocenters. The van der Waals surface area contributed by atoms with E-state index in [1.165, 1.54) is 17.0 Å². The molecule has 1 saturated heterocycles. The number of hydrogen-bond acceptors (Lipinski definition) is 2. The van der Waals surface area contributed by atoms with Crippen LogP contribution in [0.1, 0.15) is 24.9 Å². The van der Waals surface area contributed by atoms with E-state index in [2.05, 4.69) is 10.6 Å². The van der Waals surface area contributed by atoms with Crippen LogP contribution in [-0.4, -0.2) is 43.3 Å². The predicted octanol–water partition coefficient (Wildman–Crippen LogP) is 3.07. The highest BCUT2D eigenvalue weighted by molar-refractivity contribution is 5.74. The predicted molar refractivity (Wildman–Crippen MR) is 82.0 cm³/mol. The number of nitrogens with zero attached hydrogens (tertiary/aromatic N) is 1. The van der Waals surface area contributed by atoms with E-state index in [1.54, 1.807) is 19.1 Å². The van der Waals surface area contributed by atoms with Crippen LogP contribution < -0.4 is 10.6 Å². The average Bonchev–Trinajstić information content (AvgIpc) is 2.90. The molecule has 2 N–H and O–H groups in total. The van der Waals surface area contributed by atoms with Crippen molar-refractivity contribution in [3.05, 3.63) is 35.6 Å². The second-order valence-electron chi connectivity index (χ2n) is 6.14. The lowest BCUT2D eigenvalue weighted by Crippen LogP contribution is -2.40. The maximum absolute atomic E-state index is 13.2. The van der Waals surface area contributed by atoms with E-state index >= 15 is 0 Å². The summed E-state index contributed by atoms with van der Waals surface area (Å²) in [5.74, 6) is -0.375. The number of amides is 2. The minimum Gasteiger partial charge on any atom is -0.338 e. The van der Waals surface area contributed by atoms with Crippen molar-refractivity contribution in [3.63, 3.8) is 0 Å². The van der Waals surface area contributed by atoms with Crippen molar-refractivity contribution >= 4 is 6.03 Å². The fraction of sp³-hybridized carbons (Fsp3) is 0.562. The summed E-state index contributed by atoms with van der Waals surface area (Å²) in [7, 11) is 0. The number of rotatable bonds is 5. The van der Waals surface area contributed by atoms with E-state index in [-0.39, 0.29) is 17.8 Å². The molecule has 134 valence electrons. The molecule has 0 bridgehead atoms. The molecule has 8 heteroatoms. The Morgan fingerprint density at radius 3 is 2.83 bits per heavy atom. The van der Waals surface area contributed by atoms with Gasteiger partial charge < -0.3 is 10.6 Å². The molecule has 1 aliphatic rings. The third-order valence-electron chi connectivity index (χ3n) is 4.02. The molecular weight excluding hydrogens is 326 g/mol. The Bertz CT molecular complexity index is 564. The summed E-state index contributed by atoms with van der Waals surface area (Å²) in [6, 6.07) is 5.15. The first-order valence-electron chi connectivity index (χ1n) is 7.82. The van der Waals surface area contributed by atoms with Crippen LogP contribution in [-0.2, 0) is 0 Å². The number of halogens is 4. The fourth-order valence-corrected chi connectivity index (χ4v) is 2.82. The number of carbonyl (C=O) groups is 1. The molecule has 4 nitrogen and oxygen atoms in total. The Kier molecular flexibility index (Phi) is 6.04. The normalized spacial score (nSPS) is 20.0. The van der Waals surface area contributed by atoms with Gasteiger partial charge in [-0.25, -0.2) is 9.18 Å². The summed E-state index contributed by atoms with van der Waals surface area (Å²) in [6.07, 6.45) is -3.57. The van der Waals surface area contributed by atoms with Crippen LogP contribution in [0.4, 0.5) is 22.4 Å². The van der Waals surface area contributed by atoms with Gasteiger partial charge in [-0.05, 0) is 43.5 Å². The van der Waals surface area contributed by atoms with Crippen molar-refractivity contribution in [1.29, 1.82) is 0 Å². The highest BCUT2D eigenvalue weighted by Gasteiger charge is 2.34. The maximum atomic E-state index is 13.2. The third-order valence-corrected chi connectivity index (χ3v) is 4.02. The van der Waals surface area contributed by atoms with Gasteiger partial charge in [-0.15, -0.1) is 0 Å². The number of likely N-dealkylation sites (tertiary alicyclic amines) is 1. The Balaban J connectivity index is 1.72. The van der Waals surface area contributed by atoms with Gasteiger partial charge >= 0.3 is 12.2 Å². The molecule has 0 saturated carbocycles. The Hall–Kier alpha value is -1.83. The molecule has 0 unspecified atom stereocenters. The van der Waals surface area contributed by atoms with Gasteiger partial charge in [-0.1, -0.05) is 12.1 Å². The molecule has 1 aromatic carbocycles. The van der Waals surface area contributed by atoms with E-state index in [4.69, 9.17) is 0 Å². The largest absolute Gasteiger partial charge is 0.401 e. The summed E-state index contributed by atoms with van der Waals surface area (Å²) < 4.78 is 50.2. The molecule has 1 heterocycles. The first-order chi connectivity index (χ1) is 11.2. The number of urea groups is 1. The van der Waals surface area contributed by atoms with E-state index in [0.717, 1.165) is 0 Å². The van der Waals surface area contributed by atoms with E-state index < -0.39 is 18.8 Å². The van der Waals surface area contributed by atoms with Crippen molar-refractivity contribution in [2.45, 2.75) is 25.6 Å². The lowest BCUT2D eigenvalue weighted by Gasteiger charge is -2.19. The maximum Gasteiger partial charge on any atom is 0.401 e. The minimum absolute atomic E-state index is 0.00239. The van der Waals surface area contributed by atoms with E-state index in [0.29, 0.717) is 31.6 Å². The van der Waals surface area contributed by atoms with Crippen LogP contribution in [0.25, 0.3) is 0 Å². The zero-order valence-electron chi connectivity index (χ0n) is 13.4. The molecule has 0 aromatic heterocycles. The summed E-state index contributed by atoms with van der Waals surface area (Å²) in [4.78, 5) is 13.2. The van der Waals surface area contributed by atoms with E-state index in [1.807, 2.05) is 0 Å². The van der Waals surface area contributed by atoms with Crippen LogP contribution in [0, 0.1) is 11.7 Å².